The van der Waals surface area contributed by atoms with Gasteiger partial charge in [0.1, 0.15) is 11.9 Å². The van der Waals surface area contributed by atoms with Crippen LogP contribution in [0.5, 0.6) is 0 Å². The van der Waals surface area contributed by atoms with Crippen LogP contribution in [0.4, 0.5) is 5.69 Å². The van der Waals surface area contributed by atoms with Gasteiger partial charge < -0.3 is 10.0 Å². The van der Waals surface area contributed by atoms with Crippen molar-refractivity contribution in [2.45, 2.75) is 19.1 Å². The van der Waals surface area contributed by atoms with E-state index in [1.807, 2.05) is 12.1 Å². The number of amidine groups is 1. The van der Waals surface area contributed by atoms with E-state index in [0.717, 1.165) is 35.5 Å². The molecule has 1 aromatic carbocycles. The maximum Gasteiger partial charge on any atom is 0.134 e. The summed E-state index contributed by atoms with van der Waals surface area (Å²) in [6.45, 7) is 1.77. The topological polar surface area (TPSA) is 35.8 Å². The number of hydrogen-bond donors (Lipinski definition) is 1. The Morgan fingerprint density at radius 1 is 1.47 bits per heavy atom. The fraction of sp³-hybridized carbons (Fsp3) is 0.364. The molecule has 1 atom stereocenters. The zero-order chi connectivity index (χ0) is 10.4. The highest BCUT2D eigenvalue weighted by molar-refractivity contribution is 9.10. The molecule has 2 heterocycles. The van der Waals surface area contributed by atoms with Crippen LogP contribution < -0.4 is 0 Å². The van der Waals surface area contributed by atoms with Crippen molar-refractivity contribution in [1.82, 2.24) is 4.90 Å². The third kappa shape index (κ3) is 1.48. The lowest BCUT2D eigenvalue weighted by Gasteiger charge is -2.25. The highest BCUT2D eigenvalue weighted by Gasteiger charge is 2.30. The molecular formula is C11H11BrN2O. The molecule has 3 nitrogen and oxygen atoms in total. The van der Waals surface area contributed by atoms with E-state index in [9.17, 15) is 5.11 Å². The van der Waals surface area contributed by atoms with Gasteiger partial charge >= 0.3 is 0 Å². The lowest BCUT2D eigenvalue weighted by atomic mass is 10.1. The van der Waals surface area contributed by atoms with Crippen LogP contribution in [0.15, 0.2) is 27.7 Å². The Labute approximate surface area is 96.6 Å². The molecule has 0 aromatic heterocycles. The molecule has 78 valence electrons. The van der Waals surface area contributed by atoms with Gasteiger partial charge in [-0.15, -0.1) is 0 Å². The lowest BCUT2D eigenvalue weighted by molar-refractivity contribution is 0.245. The minimum Gasteiger partial charge on any atom is -0.385 e. The molecule has 0 spiro atoms. The number of rotatable bonds is 0. The number of nitrogens with zero attached hydrogens (tertiary/aromatic N) is 2. The average Bonchev–Trinajstić information content (AvgIpc) is 2.57. The Bertz CT molecular complexity index is 444. The van der Waals surface area contributed by atoms with Crippen LogP contribution in [0, 0.1) is 0 Å². The largest absolute Gasteiger partial charge is 0.385 e. The fourth-order valence-corrected chi connectivity index (χ4v) is 2.57. The Morgan fingerprint density at radius 3 is 3.20 bits per heavy atom. The van der Waals surface area contributed by atoms with Gasteiger partial charge in [0.05, 0.1) is 5.69 Å². The molecule has 0 bridgehead atoms. The molecule has 1 N–H and O–H groups in total. The van der Waals surface area contributed by atoms with Gasteiger partial charge in [-0.05, 0) is 30.2 Å². The predicted molar refractivity (Wildman–Crippen MR) is 62.3 cm³/mol. The summed E-state index contributed by atoms with van der Waals surface area (Å²) in [5, 5.41) is 9.72. The van der Waals surface area contributed by atoms with Crippen molar-refractivity contribution in [1.29, 1.82) is 0 Å². The van der Waals surface area contributed by atoms with Crippen LogP contribution in [0.2, 0.25) is 0 Å². The molecule has 0 amide bonds. The van der Waals surface area contributed by atoms with Crippen molar-refractivity contribution < 1.29 is 5.11 Å². The van der Waals surface area contributed by atoms with Crippen molar-refractivity contribution in [3.63, 3.8) is 0 Å². The SMILES string of the molecule is O[C@@H]1CCN2Cc3cc(Br)ccc3N=C12. The Morgan fingerprint density at radius 2 is 2.33 bits per heavy atom. The standard InChI is InChI=1S/C11H11BrN2O/c12-8-1-2-9-7(5-8)6-14-4-3-10(15)11(14)13-9/h1-2,5,10,15H,3-4,6H2/t10-/m1/s1. The first kappa shape index (κ1) is 9.36. The highest BCUT2D eigenvalue weighted by atomic mass is 79.9. The van der Waals surface area contributed by atoms with Gasteiger partial charge in [-0.3, -0.25) is 0 Å². The summed E-state index contributed by atoms with van der Waals surface area (Å²) >= 11 is 3.46. The van der Waals surface area contributed by atoms with E-state index in [0.29, 0.717) is 0 Å². The van der Waals surface area contributed by atoms with Gasteiger partial charge in [-0.1, -0.05) is 15.9 Å². The minimum absolute atomic E-state index is 0.373. The summed E-state index contributed by atoms with van der Waals surface area (Å²) in [7, 11) is 0. The Hall–Kier alpha value is -0.870. The number of benzene rings is 1. The van der Waals surface area contributed by atoms with E-state index in [4.69, 9.17) is 0 Å². The van der Waals surface area contributed by atoms with E-state index in [1.165, 1.54) is 5.56 Å². The average molecular weight is 267 g/mol. The summed E-state index contributed by atoms with van der Waals surface area (Å²) in [6.07, 6.45) is 0.426. The maximum absolute atomic E-state index is 9.72. The van der Waals surface area contributed by atoms with Crippen molar-refractivity contribution in [2.24, 2.45) is 4.99 Å². The van der Waals surface area contributed by atoms with Crippen molar-refractivity contribution in [2.75, 3.05) is 6.54 Å². The van der Waals surface area contributed by atoms with Gasteiger partial charge in [0.15, 0.2) is 0 Å². The number of halogens is 1. The Balaban J connectivity index is 2.08. The first-order chi connectivity index (χ1) is 7.24. The number of hydrogen-bond acceptors (Lipinski definition) is 3. The molecule has 1 aromatic rings. The maximum atomic E-state index is 9.72. The van der Waals surface area contributed by atoms with Crippen molar-refractivity contribution >= 4 is 27.5 Å². The van der Waals surface area contributed by atoms with E-state index in [2.05, 4.69) is 31.9 Å². The van der Waals surface area contributed by atoms with Crippen molar-refractivity contribution in [3.8, 4) is 0 Å². The molecule has 15 heavy (non-hydrogen) atoms. The van der Waals surface area contributed by atoms with Gasteiger partial charge in [-0.25, -0.2) is 4.99 Å². The van der Waals surface area contributed by atoms with Gasteiger partial charge in [0, 0.05) is 17.6 Å². The summed E-state index contributed by atoms with van der Waals surface area (Å²) in [5.74, 6) is 0.838. The summed E-state index contributed by atoms with van der Waals surface area (Å²) < 4.78 is 1.08. The quantitative estimate of drug-likeness (QED) is 0.781. The molecule has 0 radical (unpaired) electrons. The summed E-state index contributed by atoms with van der Waals surface area (Å²) in [4.78, 5) is 6.65. The van der Waals surface area contributed by atoms with Crippen LogP contribution >= 0.6 is 15.9 Å². The van der Waals surface area contributed by atoms with Crippen molar-refractivity contribution in [3.05, 3.63) is 28.2 Å². The van der Waals surface area contributed by atoms with Crippen LogP contribution in [0.3, 0.4) is 0 Å². The monoisotopic (exact) mass is 266 g/mol. The zero-order valence-electron chi connectivity index (χ0n) is 8.15. The number of fused-ring (bicyclic) bond motifs is 2. The molecule has 0 saturated carbocycles. The molecule has 4 heteroatoms. The fourth-order valence-electron chi connectivity index (χ4n) is 2.16. The van der Waals surface area contributed by atoms with E-state index in [-0.39, 0.29) is 6.10 Å². The summed E-state index contributed by atoms with van der Waals surface area (Å²) in [6, 6.07) is 6.08. The van der Waals surface area contributed by atoms with E-state index >= 15 is 0 Å². The molecule has 1 saturated heterocycles. The number of aliphatic imine (C=N–C) groups is 1. The molecular weight excluding hydrogens is 256 g/mol. The number of aliphatic hydroxyl groups is 1. The van der Waals surface area contributed by atoms with Crippen LogP contribution in [0.25, 0.3) is 0 Å². The second-order valence-corrected chi connectivity index (χ2v) is 4.88. The zero-order valence-corrected chi connectivity index (χ0v) is 9.74. The molecule has 0 aliphatic carbocycles. The highest BCUT2D eigenvalue weighted by Crippen LogP contribution is 2.32. The van der Waals surface area contributed by atoms with Crippen LogP contribution in [-0.4, -0.2) is 28.5 Å². The van der Waals surface area contributed by atoms with Crippen LogP contribution in [0.1, 0.15) is 12.0 Å². The predicted octanol–water partition coefficient (Wildman–Crippen LogP) is 2.06. The van der Waals surface area contributed by atoms with Gasteiger partial charge in [-0.2, -0.15) is 0 Å². The molecule has 3 rings (SSSR count). The smallest absolute Gasteiger partial charge is 0.134 e. The van der Waals surface area contributed by atoms with Crippen LogP contribution in [-0.2, 0) is 6.54 Å². The first-order valence-corrected chi connectivity index (χ1v) is 5.83. The first-order valence-electron chi connectivity index (χ1n) is 5.04. The van der Waals surface area contributed by atoms with E-state index in [1.54, 1.807) is 0 Å². The van der Waals surface area contributed by atoms with Gasteiger partial charge in [0.2, 0.25) is 0 Å². The minimum atomic E-state index is -0.373. The Kier molecular flexibility index (Phi) is 2.07. The third-order valence-electron chi connectivity index (χ3n) is 2.93. The lowest BCUT2D eigenvalue weighted by Crippen LogP contribution is -2.31. The van der Waals surface area contributed by atoms with Gasteiger partial charge in [0.25, 0.3) is 0 Å². The molecule has 0 unspecified atom stereocenters. The van der Waals surface area contributed by atoms with E-state index < -0.39 is 0 Å². The molecule has 2 aliphatic rings. The second-order valence-electron chi connectivity index (χ2n) is 3.97. The normalized spacial score (nSPS) is 23.5. The summed E-state index contributed by atoms with van der Waals surface area (Å²) in [5.41, 5.74) is 2.22. The molecule has 2 aliphatic heterocycles. The third-order valence-corrected chi connectivity index (χ3v) is 3.43. The second kappa shape index (κ2) is 3.32. The molecule has 1 fully saturated rings. The number of aliphatic hydroxyl groups excluding tert-OH is 1.